The van der Waals surface area contributed by atoms with Crippen LogP contribution in [0.25, 0.3) is 0 Å². The maximum absolute atomic E-state index is 12.6. The minimum Gasteiger partial charge on any atom is -0.308 e. The van der Waals surface area contributed by atoms with Crippen LogP contribution in [0.15, 0.2) is 77.7 Å². The zero-order chi connectivity index (χ0) is 20.1. The fourth-order valence-electron chi connectivity index (χ4n) is 2.66. The van der Waals surface area contributed by atoms with Gasteiger partial charge < -0.3 is 10.6 Å². The summed E-state index contributed by atoms with van der Waals surface area (Å²) in [4.78, 5) is 12.1. The number of hydrogen-bond donors (Lipinski definition) is 3. The fourth-order valence-corrected chi connectivity index (χ4v) is 3.79. The van der Waals surface area contributed by atoms with Gasteiger partial charge in [0.25, 0.3) is 10.0 Å². The van der Waals surface area contributed by atoms with Crippen LogP contribution >= 0.6 is 0 Å². The van der Waals surface area contributed by atoms with E-state index in [0.717, 1.165) is 11.1 Å². The Morgan fingerprint density at radius 2 is 1.39 bits per heavy atom. The summed E-state index contributed by atoms with van der Waals surface area (Å²) in [6.07, 6.45) is 0. The number of amides is 2. The largest absolute Gasteiger partial charge is 0.323 e. The highest BCUT2D eigenvalue weighted by Crippen LogP contribution is 2.22. The van der Waals surface area contributed by atoms with E-state index in [0.29, 0.717) is 17.1 Å². The average Bonchev–Trinajstić information content (AvgIpc) is 2.65. The Balaban J connectivity index is 1.68. The monoisotopic (exact) mass is 395 g/mol. The number of carbonyl (C=O) groups excluding carboxylic acids is 1. The van der Waals surface area contributed by atoms with E-state index in [1.54, 1.807) is 30.3 Å². The number of hydrogen-bond acceptors (Lipinski definition) is 3. The number of aryl methyl sites for hydroxylation is 2. The number of carbonyl (C=O) groups is 1. The van der Waals surface area contributed by atoms with Crippen molar-refractivity contribution in [2.75, 3.05) is 15.4 Å². The predicted octanol–water partition coefficient (Wildman–Crippen LogP) is 4.75. The SMILES string of the molecule is Cc1ccc(NS(=O)(=O)c2ccc(NC(=O)Nc3ccccc3)cc2)c(C)c1. The molecule has 0 unspecified atom stereocenters. The van der Waals surface area contributed by atoms with Gasteiger partial charge in [0.1, 0.15) is 0 Å². The van der Waals surface area contributed by atoms with Crippen LogP contribution in [-0.4, -0.2) is 14.4 Å². The zero-order valence-corrected chi connectivity index (χ0v) is 16.4. The quantitative estimate of drug-likeness (QED) is 0.583. The van der Waals surface area contributed by atoms with Crippen LogP contribution in [0, 0.1) is 13.8 Å². The predicted molar refractivity (Wildman–Crippen MR) is 112 cm³/mol. The highest BCUT2D eigenvalue weighted by Gasteiger charge is 2.15. The van der Waals surface area contributed by atoms with E-state index in [1.807, 2.05) is 44.2 Å². The van der Waals surface area contributed by atoms with Gasteiger partial charge in [-0.1, -0.05) is 35.9 Å². The van der Waals surface area contributed by atoms with Gasteiger partial charge in [-0.15, -0.1) is 0 Å². The number of rotatable bonds is 5. The molecule has 28 heavy (non-hydrogen) atoms. The molecule has 0 aromatic heterocycles. The molecule has 7 heteroatoms. The van der Waals surface area contributed by atoms with E-state index in [1.165, 1.54) is 12.1 Å². The second-order valence-corrected chi connectivity index (χ2v) is 8.08. The van der Waals surface area contributed by atoms with Crippen molar-refractivity contribution in [3.05, 3.63) is 83.9 Å². The maximum Gasteiger partial charge on any atom is 0.323 e. The summed E-state index contributed by atoms with van der Waals surface area (Å²) in [6.45, 7) is 3.80. The first-order valence-corrected chi connectivity index (χ1v) is 10.1. The first-order chi connectivity index (χ1) is 13.3. The summed E-state index contributed by atoms with van der Waals surface area (Å²) in [6, 6.07) is 20.1. The third-order valence-corrected chi connectivity index (χ3v) is 5.46. The van der Waals surface area contributed by atoms with E-state index in [9.17, 15) is 13.2 Å². The second-order valence-electron chi connectivity index (χ2n) is 6.39. The summed E-state index contributed by atoms with van der Waals surface area (Å²) in [5.74, 6) is 0. The van der Waals surface area contributed by atoms with Crippen LogP contribution in [0.2, 0.25) is 0 Å². The van der Waals surface area contributed by atoms with Crippen molar-refractivity contribution in [3.63, 3.8) is 0 Å². The third kappa shape index (κ3) is 4.89. The van der Waals surface area contributed by atoms with Gasteiger partial charge >= 0.3 is 6.03 Å². The molecule has 0 aliphatic rings. The first kappa shape index (κ1) is 19.4. The molecule has 0 aliphatic carbocycles. The van der Waals surface area contributed by atoms with Gasteiger partial charge in [-0.3, -0.25) is 4.72 Å². The summed E-state index contributed by atoms with van der Waals surface area (Å²) in [5.41, 5.74) is 3.59. The number of sulfonamides is 1. The van der Waals surface area contributed by atoms with E-state index in [-0.39, 0.29) is 4.90 Å². The van der Waals surface area contributed by atoms with Crippen LogP contribution in [-0.2, 0) is 10.0 Å². The fraction of sp³-hybridized carbons (Fsp3) is 0.0952. The topological polar surface area (TPSA) is 87.3 Å². The van der Waals surface area contributed by atoms with Gasteiger partial charge in [-0.2, -0.15) is 0 Å². The van der Waals surface area contributed by atoms with Crippen molar-refractivity contribution < 1.29 is 13.2 Å². The van der Waals surface area contributed by atoms with Crippen molar-refractivity contribution in [1.82, 2.24) is 0 Å². The highest BCUT2D eigenvalue weighted by molar-refractivity contribution is 7.92. The van der Waals surface area contributed by atoms with Crippen LogP contribution in [0.5, 0.6) is 0 Å². The number of benzene rings is 3. The number of para-hydroxylation sites is 1. The minimum absolute atomic E-state index is 0.112. The van der Waals surface area contributed by atoms with Crippen LogP contribution in [0.1, 0.15) is 11.1 Å². The van der Waals surface area contributed by atoms with Crippen molar-refractivity contribution >= 4 is 33.1 Å². The van der Waals surface area contributed by atoms with Gasteiger partial charge in [-0.05, 0) is 61.9 Å². The van der Waals surface area contributed by atoms with Gasteiger partial charge in [0, 0.05) is 11.4 Å². The van der Waals surface area contributed by atoms with Crippen molar-refractivity contribution in [2.24, 2.45) is 0 Å². The molecule has 0 fully saturated rings. The molecule has 6 nitrogen and oxygen atoms in total. The van der Waals surface area contributed by atoms with E-state index in [4.69, 9.17) is 0 Å². The smallest absolute Gasteiger partial charge is 0.308 e. The van der Waals surface area contributed by atoms with Gasteiger partial charge in [0.15, 0.2) is 0 Å². The summed E-state index contributed by atoms with van der Waals surface area (Å²) in [7, 11) is -3.72. The number of nitrogens with one attached hydrogen (secondary N) is 3. The molecular formula is C21H21N3O3S. The molecule has 144 valence electrons. The van der Waals surface area contributed by atoms with Gasteiger partial charge in [0.2, 0.25) is 0 Å². The normalized spacial score (nSPS) is 10.9. The lowest BCUT2D eigenvalue weighted by atomic mass is 10.1. The second kappa shape index (κ2) is 8.14. The molecule has 0 atom stereocenters. The molecular weight excluding hydrogens is 374 g/mol. The van der Waals surface area contributed by atoms with Crippen LogP contribution in [0.4, 0.5) is 21.9 Å². The molecule has 2 amide bonds. The maximum atomic E-state index is 12.6. The van der Waals surface area contributed by atoms with Crippen LogP contribution in [0.3, 0.4) is 0 Å². The Morgan fingerprint density at radius 1 is 0.786 bits per heavy atom. The number of urea groups is 1. The standard InChI is InChI=1S/C21H21N3O3S/c1-15-8-13-20(16(2)14-15)24-28(26,27)19-11-9-18(10-12-19)23-21(25)22-17-6-4-3-5-7-17/h3-14,24H,1-2H3,(H2,22,23,25). The van der Waals surface area contributed by atoms with Crippen molar-refractivity contribution in [1.29, 1.82) is 0 Å². The van der Waals surface area contributed by atoms with E-state index < -0.39 is 16.1 Å². The molecule has 0 saturated heterocycles. The minimum atomic E-state index is -3.72. The lowest BCUT2D eigenvalue weighted by Crippen LogP contribution is -2.19. The summed E-state index contributed by atoms with van der Waals surface area (Å²) >= 11 is 0. The highest BCUT2D eigenvalue weighted by atomic mass is 32.2. The molecule has 3 aromatic rings. The molecule has 0 heterocycles. The van der Waals surface area contributed by atoms with Gasteiger partial charge in [-0.25, -0.2) is 13.2 Å². The lowest BCUT2D eigenvalue weighted by Gasteiger charge is -2.12. The molecule has 3 N–H and O–H groups in total. The zero-order valence-electron chi connectivity index (χ0n) is 15.6. The first-order valence-electron chi connectivity index (χ1n) is 8.67. The lowest BCUT2D eigenvalue weighted by molar-refractivity contribution is 0.262. The molecule has 0 radical (unpaired) electrons. The molecule has 3 rings (SSSR count). The molecule has 0 aliphatic heterocycles. The summed E-state index contributed by atoms with van der Waals surface area (Å²) < 4.78 is 27.8. The molecule has 3 aromatic carbocycles. The van der Waals surface area contributed by atoms with Crippen molar-refractivity contribution in [3.8, 4) is 0 Å². The molecule has 0 spiro atoms. The van der Waals surface area contributed by atoms with Crippen molar-refractivity contribution in [2.45, 2.75) is 18.7 Å². The Labute approximate surface area is 164 Å². The van der Waals surface area contributed by atoms with Gasteiger partial charge in [0.05, 0.1) is 10.6 Å². The van der Waals surface area contributed by atoms with E-state index in [2.05, 4.69) is 15.4 Å². The number of anilines is 3. The van der Waals surface area contributed by atoms with Crippen LogP contribution < -0.4 is 15.4 Å². The third-order valence-electron chi connectivity index (χ3n) is 4.08. The Hall–Kier alpha value is -3.32. The summed E-state index contributed by atoms with van der Waals surface area (Å²) in [5, 5.41) is 5.37. The van der Waals surface area contributed by atoms with E-state index >= 15 is 0 Å². The Bertz CT molecular complexity index is 1080. The Morgan fingerprint density at radius 3 is 2.00 bits per heavy atom. The molecule has 0 bridgehead atoms. The Kier molecular flexibility index (Phi) is 5.65. The molecule has 0 saturated carbocycles. The average molecular weight is 395 g/mol.